The SMILES string of the molecule is CN(C)CC1C=C2C(=CC1Cl)CC(C)(C)N/C2=C\C(=O)C1CCCCCC1. The normalized spacial score (nSPS) is 30.2. The average Bonchev–Trinajstić information content (AvgIpc) is 2.84. The van der Waals surface area contributed by atoms with Crippen LogP contribution in [0.15, 0.2) is 35.1 Å². The molecule has 0 aromatic rings. The Morgan fingerprint density at radius 2 is 1.89 bits per heavy atom. The van der Waals surface area contributed by atoms with Gasteiger partial charge in [-0.25, -0.2) is 0 Å². The lowest BCUT2D eigenvalue weighted by atomic mass is 9.78. The molecule has 3 nitrogen and oxygen atoms in total. The van der Waals surface area contributed by atoms with Gasteiger partial charge in [0.25, 0.3) is 0 Å². The van der Waals surface area contributed by atoms with Crippen molar-refractivity contribution in [3.8, 4) is 0 Å². The van der Waals surface area contributed by atoms with Gasteiger partial charge in [0.15, 0.2) is 5.78 Å². The van der Waals surface area contributed by atoms with E-state index in [0.717, 1.165) is 31.5 Å². The Hall–Kier alpha value is -1.06. The second kappa shape index (κ2) is 8.53. The van der Waals surface area contributed by atoms with E-state index >= 15 is 0 Å². The number of rotatable bonds is 4. The second-order valence-electron chi connectivity index (χ2n) is 9.48. The molecule has 0 amide bonds. The molecule has 3 aliphatic rings. The first kappa shape index (κ1) is 20.7. The third-order valence-corrected chi connectivity index (χ3v) is 6.46. The predicted octanol–water partition coefficient (Wildman–Crippen LogP) is 4.83. The summed E-state index contributed by atoms with van der Waals surface area (Å²) in [6.07, 6.45) is 14.3. The van der Waals surface area contributed by atoms with E-state index in [1.807, 2.05) is 6.08 Å². The fourth-order valence-corrected chi connectivity index (χ4v) is 5.01. The molecule has 27 heavy (non-hydrogen) atoms. The maximum Gasteiger partial charge on any atom is 0.160 e. The summed E-state index contributed by atoms with van der Waals surface area (Å²) in [5.41, 5.74) is 3.41. The number of nitrogens with zero attached hydrogens (tertiary/aromatic N) is 1. The highest BCUT2D eigenvalue weighted by Crippen LogP contribution is 2.39. The van der Waals surface area contributed by atoms with Crippen LogP contribution >= 0.6 is 11.6 Å². The zero-order chi connectivity index (χ0) is 19.6. The number of hydrogen-bond donors (Lipinski definition) is 1. The largest absolute Gasteiger partial charge is 0.379 e. The van der Waals surface area contributed by atoms with Crippen molar-refractivity contribution in [3.05, 3.63) is 35.1 Å². The molecule has 1 N–H and O–H groups in total. The number of allylic oxidation sites excluding steroid dienone is 3. The molecule has 0 aromatic carbocycles. The van der Waals surface area contributed by atoms with Crippen LogP contribution in [0.25, 0.3) is 0 Å². The number of ketones is 1. The molecule has 1 aliphatic heterocycles. The van der Waals surface area contributed by atoms with Crippen molar-refractivity contribution in [3.63, 3.8) is 0 Å². The maximum absolute atomic E-state index is 13.0. The number of piperidine rings is 1. The maximum atomic E-state index is 13.0. The Bertz CT molecular complexity index is 651. The summed E-state index contributed by atoms with van der Waals surface area (Å²) in [5.74, 6) is 0.760. The van der Waals surface area contributed by atoms with Crippen molar-refractivity contribution in [2.24, 2.45) is 11.8 Å². The van der Waals surface area contributed by atoms with Crippen LogP contribution in [0.5, 0.6) is 0 Å². The van der Waals surface area contributed by atoms with E-state index in [-0.39, 0.29) is 22.8 Å². The average molecular weight is 391 g/mol. The Balaban J connectivity index is 1.88. The van der Waals surface area contributed by atoms with Gasteiger partial charge in [-0.15, -0.1) is 11.6 Å². The molecule has 0 bridgehead atoms. The minimum absolute atomic E-state index is 0.0128. The van der Waals surface area contributed by atoms with Crippen LogP contribution in [0, 0.1) is 11.8 Å². The van der Waals surface area contributed by atoms with Gasteiger partial charge in [-0.2, -0.15) is 0 Å². The highest BCUT2D eigenvalue weighted by atomic mass is 35.5. The minimum atomic E-state index is -0.0657. The summed E-state index contributed by atoms with van der Waals surface area (Å²) in [5, 5.41) is 3.65. The van der Waals surface area contributed by atoms with Gasteiger partial charge in [0.1, 0.15) is 0 Å². The predicted molar refractivity (Wildman–Crippen MR) is 114 cm³/mol. The molecule has 150 valence electrons. The van der Waals surface area contributed by atoms with Crippen molar-refractivity contribution in [1.82, 2.24) is 10.2 Å². The van der Waals surface area contributed by atoms with Crippen LogP contribution in [0.2, 0.25) is 0 Å². The third kappa shape index (κ3) is 5.26. The van der Waals surface area contributed by atoms with Gasteiger partial charge < -0.3 is 10.2 Å². The third-order valence-electron chi connectivity index (χ3n) is 6.01. The molecule has 0 aromatic heterocycles. The van der Waals surface area contributed by atoms with Gasteiger partial charge in [-0.1, -0.05) is 37.8 Å². The van der Waals surface area contributed by atoms with Crippen molar-refractivity contribution < 1.29 is 4.79 Å². The van der Waals surface area contributed by atoms with Crippen molar-refractivity contribution in [1.29, 1.82) is 0 Å². The molecule has 2 fully saturated rings. The quantitative estimate of drug-likeness (QED) is 0.423. The Kier molecular flexibility index (Phi) is 6.53. The van der Waals surface area contributed by atoms with Crippen molar-refractivity contribution in [2.75, 3.05) is 20.6 Å². The van der Waals surface area contributed by atoms with E-state index in [0.29, 0.717) is 5.78 Å². The Morgan fingerprint density at radius 1 is 1.22 bits per heavy atom. The number of halogens is 1. The summed E-state index contributed by atoms with van der Waals surface area (Å²) in [4.78, 5) is 15.2. The number of alkyl halides is 1. The second-order valence-corrected chi connectivity index (χ2v) is 9.98. The van der Waals surface area contributed by atoms with Gasteiger partial charge in [0, 0.05) is 35.7 Å². The number of hydrogen-bond acceptors (Lipinski definition) is 3. The van der Waals surface area contributed by atoms with Crippen LogP contribution in [0.3, 0.4) is 0 Å². The van der Waals surface area contributed by atoms with E-state index in [4.69, 9.17) is 11.6 Å². The summed E-state index contributed by atoms with van der Waals surface area (Å²) in [6.45, 7) is 5.31. The molecular weight excluding hydrogens is 356 g/mol. The van der Waals surface area contributed by atoms with Gasteiger partial charge >= 0.3 is 0 Å². The number of nitrogens with one attached hydrogen (secondary N) is 1. The van der Waals surface area contributed by atoms with Crippen LogP contribution in [0.4, 0.5) is 0 Å². The lowest BCUT2D eigenvalue weighted by molar-refractivity contribution is -0.118. The molecule has 0 spiro atoms. The zero-order valence-corrected chi connectivity index (χ0v) is 18.1. The first-order chi connectivity index (χ1) is 12.7. The Morgan fingerprint density at radius 3 is 2.52 bits per heavy atom. The minimum Gasteiger partial charge on any atom is -0.379 e. The molecule has 2 aliphatic carbocycles. The summed E-state index contributed by atoms with van der Waals surface area (Å²) in [6, 6.07) is 0. The molecular formula is C23H35ClN2O. The van der Waals surface area contributed by atoms with Gasteiger partial charge in [-0.05, 0) is 58.4 Å². The first-order valence-electron chi connectivity index (χ1n) is 10.5. The standard InChI is InChI=1S/C23H35ClN2O/c1-23(2)14-17-12-20(24)18(15-26(3)4)11-19(17)21(25-23)13-22(27)16-9-7-5-6-8-10-16/h11-13,16,18,20,25H,5-10,14-15H2,1-4H3/b21-13-. The highest BCUT2D eigenvalue weighted by Gasteiger charge is 2.35. The van der Waals surface area contributed by atoms with Crippen molar-refractivity contribution >= 4 is 17.4 Å². The lowest BCUT2D eigenvalue weighted by Gasteiger charge is -2.40. The molecule has 1 saturated heterocycles. The number of carbonyl (C=O) groups is 1. The molecule has 2 atom stereocenters. The fourth-order valence-electron chi connectivity index (χ4n) is 4.70. The van der Waals surface area contributed by atoms with E-state index in [9.17, 15) is 4.79 Å². The summed E-state index contributed by atoms with van der Waals surface area (Å²) >= 11 is 6.68. The summed E-state index contributed by atoms with van der Waals surface area (Å²) < 4.78 is 0. The van der Waals surface area contributed by atoms with Crippen LogP contribution in [0.1, 0.15) is 58.8 Å². The van der Waals surface area contributed by atoms with E-state index in [2.05, 4.69) is 50.3 Å². The van der Waals surface area contributed by atoms with Crippen LogP contribution in [-0.4, -0.2) is 42.2 Å². The molecule has 2 unspecified atom stereocenters. The van der Waals surface area contributed by atoms with Gasteiger partial charge in [-0.3, -0.25) is 4.79 Å². The number of carbonyl (C=O) groups excluding carboxylic acids is 1. The molecule has 0 radical (unpaired) electrons. The van der Waals surface area contributed by atoms with Crippen LogP contribution in [-0.2, 0) is 4.79 Å². The molecule has 3 rings (SSSR count). The highest BCUT2D eigenvalue weighted by molar-refractivity contribution is 6.22. The zero-order valence-electron chi connectivity index (χ0n) is 17.4. The molecule has 1 heterocycles. The first-order valence-corrected chi connectivity index (χ1v) is 10.9. The van der Waals surface area contributed by atoms with E-state index in [1.54, 1.807) is 0 Å². The molecule has 1 saturated carbocycles. The Labute approximate surface area is 169 Å². The van der Waals surface area contributed by atoms with Crippen LogP contribution < -0.4 is 5.32 Å². The smallest absolute Gasteiger partial charge is 0.160 e. The van der Waals surface area contributed by atoms with Crippen molar-refractivity contribution in [2.45, 2.75) is 69.7 Å². The summed E-state index contributed by atoms with van der Waals surface area (Å²) in [7, 11) is 4.16. The fraction of sp³-hybridized carbons (Fsp3) is 0.696. The van der Waals surface area contributed by atoms with E-state index < -0.39 is 0 Å². The monoisotopic (exact) mass is 390 g/mol. The lowest BCUT2D eigenvalue weighted by Crippen LogP contribution is -2.45. The van der Waals surface area contributed by atoms with Gasteiger partial charge in [0.2, 0.25) is 0 Å². The molecule has 4 heteroatoms. The number of fused-ring (bicyclic) bond motifs is 1. The topological polar surface area (TPSA) is 32.3 Å². The van der Waals surface area contributed by atoms with Gasteiger partial charge in [0.05, 0.1) is 5.38 Å². The van der Waals surface area contributed by atoms with E-state index in [1.165, 1.54) is 36.8 Å².